The summed E-state index contributed by atoms with van der Waals surface area (Å²) in [7, 11) is 0. The Morgan fingerprint density at radius 1 is 1.61 bits per heavy atom. The number of aromatic nitrogens is 2. The van der Waals surface area contributed by atoms with Gasteiger partial charge >= 0.3 is 0 Å². The Balaban J connectivity index is 2.14. The zero-order valence-corrected chi connectivity index (χ0v) is 12.5. The minimum atomic E-state index is -0.355. The average molecular weight is 332 g/mol. The van der Waals surface area contributed by atoms with E-state index in [0.717, 1.165) is 14.2 Å². The van der Waals surface area contributed by atoms with Gasteiger partial charge in [-0.2, -0.15) is 4.98 Å². The molecule has 2 N–H and O–H groups in total. The molecule has 0 amide bonds. The van der Waals surface area contributed by atoms with Gasteiger partial charge in [-0.15, -0.1) is 11.3 Å². The topological polar surface area (TPSA) is 74.2 Å². The smallest absolute Gasteiger partial charge is 0.268 e. The summed E-state index contributed by atoms with van der Waals surface area (Å²) < 4.78 is 11.5. The summed E-state index contributed by atoms with van der Waals surface area (Å²) >= 11 is 5.03. The molecule has 2 aromatic heterocycles. The normalized spacial score (nSPS) is 12.9. The van der Waals surface area contributed by atoms with E-state index in [9.17, 15) is 0 Å². The van der Waals surface area contributed by atoms with Crippen LogP contribution in [0.3, 0.4) is 0 Å². The van der Waals surface area contributed by atoms with Crippen molar-refractivity contribution in [1.82, 2.24) is 10.1 Å². The first kappa shape index (κ1) is 13.7. The molecule has 0 radical (unpaired) electrons. The molecule has 0 saturated heterocycles. The quantitative estimate of drug-likeness (QED) is 0.911. The summed E-state index contributed by atoms with van der Waals surface area (Å²) in [5.74, 6) is 0.969. The molecule has 0 fully saturated rings. The summed E-state index contributed by atoms with van der Waals surface area (Å²) in [6.45, 7) is 4.95. The summed E-state index contributed by atoms with van der Waals surface area (Å²) in [6.07, 6.45) is 0. The summed E-state index contributed by atoms with van der Waals surface area (Å²) in [5, 5.41) is 3.88. The number of hydrogen-bond donors (Lipinski definition) is 1. The number of aryl methyl sites for hydroxylation is 1. The van der Waals surface area contributed by atoms with E-state index in [0.29, 0.717) is 24.9 Å². The molecule has 0 bridgehead atoms. The van der Waals surface area contributed by atoms with Crippen molar-refractivity contribution >= 4 is 27.3 Å². The monoisotopic (exact) mass is 331 g/mol. The third-order valence-electron chi connectivity index (χ3n) is 2.34. The van der Waals surface area contributed by atoms with Gasteiger partial charge in [-0.3, -0.25) is 0 Å². The molecule has 7 heteroatoms. The minimum absolute atomic E-state index is 0.355. The zero-order valence-electron chi connectivity index (χ0n) is 10.1. The van der Waals surface area contributed by atoms with Crippen LogP contribution < -0.4 is 5.73 Å². The van der Waals surface area contributed by atoms with Crippen LogP contribution in [-0.4, -0.2) is 23.4 Å². The van der Waals surface area contributed by atoms with E-state index < -0.39 is 0 Å². The Morgan fingerprint density at radius 2 is 2.39 bits per heavy atom. The van der Waals surface area contributed by atoms with Crippen LogP contribution in [0.5, 0.6) is 0 Å². The lowest BCUT2D eigenvalue weighted by molar-refractivity contribution is 0.130. The molecular formula is C11H14BrN3O2S. The van der Waals surface area contributed by atoms with Crippen LogP contribution in [-0.2, 0) is 4.74 Å². The first-order valence-corrected chi connectivity index (χ1v) is 7.16. The van der Waals surface area contributed by atoms with Crippen LogP contribution in [0, 0.1) is 6.92 Å². The minimum Gasteiger partial charge on any atom is -0.380 e. The lowest BCUT2D eigenvalue weighted by Gasteiger charge is -2.05. The largest absolute Gasteiger partial charge is 0.380 e. The Bertz CT molecular complexity index is 507. The fourth-order valence-electron chi connectivity index (χ4n) is 1.37. The molecule has 0 aliphatic heterocycles. The van der Waals surface area contributed by atoms with E-state index in [-0.39, 0.29) is 6.04 Å². The van der Waals surface area contributed by atoms with Gasteiger partial charge in [-0.25, -0.2) is 0 Å². The van der Waals surface area contributed by atoms with E-state index in [1.54, 1.807) is 11.3 Å². The Kier molecular flexibility index (Phi) is 4.50. The molecule has 2 rings (SSSR count). The van der Waals surface area contributed by atoms with E-state index in [1.807, 2.05) is 19.9 Å². The standard InChI is InChI=1S/C11H14BrN3O2S/c1-3-16-5-7(13)10-14-11(17-15-10)8-4-6(2)9(12)18-8/h4,7H,3,5,13H2,1-2H3. The van der Waals surface area contributed by atoms with Crippen molar-refractivity contribution in [1.29, 1.82) is 0 Å². The lowest BCUT2D eigenvalue weighted by atomic mass is 10.3. The lowest BCUT2D eigenvalue weighted by Crippen LogP contribution is -2.18. The van der Waals surface area contributed by atoms with Gasteiger partial charge in [0.15, 0.2) is 5.82 Å². The maximum Gasteiger partial charge on any atom is 0.268 e. The number of thiophene rings is 1. The van der Waals surface area contributed by atoms with Crippen LogP contribution in [0.15, 0.2) is 14.4 Å². The molecule has 98 valence electrons. The predicted octanol–water partition coefficient (Wildman–Crippen LogP) is 2.91. The number of rotatable bonds is 5. The SMILES string of the molecule is CCOCC(N)c1noc(-c2cc(C)c(Br)s2)n1. The summed E-state index contributed by atoms with van der Waals surface area (Å²) in [6, 6.07) is 1.65. The maximum absolute atomic E-state index is 5.89. The second kappa shape index (κ2) is 5.92. The molecule has 18 heavy (non-hydrogen) atoms. The zero-order chi connectivity index (χ0) is 13.1. The van der Waals surface area contributed by atoms with Crippen molar-refractivity contribution in [3.8, 4) is 10.8 Å². The molecule has 1 unspecified atom stereocenters. The molecule has 5 nitrogen and oxygen atoms in total. The molecule has 0 saturated carbocycles. The Labute approximate surface area is 117 Å². The first-order chi connectivity index (χ1) is 8.61. The van der Waals surface area contributed by atoms with Crippen molar-refractivity contribution in [2.24, 2.45) is 5.73 Å². The van der Waals surface area contributed by atoms with E-state index >= 15 is 0 Å². The highest BCUT2D eigenvalue weighted by molar-refractivity contribution is 9.11. The molecule has 0 aliphatic carbocycles. The van der Waals surface area contributed by atoms with Crippen LogP contribution >= 0.6 is 27.3 Å². The predicted molar refractivity (Wildman–Crippen MR) is 73.5 cm³/mol. The van der Waals surface area contributed by atoms with Gasteiger partial charge in [0.2, 0.25) is 0 Å². The van der Waals surface area contributed by atoms with Crippen molar-refractivity contribution in [3.05, 3.63) is 21.2 Å². The highest BCUT2D eigenvalue weighted by Gasteiger charge is 2.17. The second-order valence-electron chi connectivity index (χ2n) is 3.79. The first-order valence-electron chi connectivity index (χ1n) is 5.55. The van der Waals surface area contributed by atoms with E-state index in [4.69, 9.17) is 15.0 Å². The van der Waals surface area contributed by atoms with Crippen molar-refractivity contribution in [2.45, 2.75) is 19.9 Å². The third-order valence-corrected chi connectivity index (χ3v) is 4.47. The Morgan fingerprint density at radius 3 is 3.00 bits per heavy atom. The van der Waals surface area contributed by atoms with Crippen LogP contribution in [0.25, 0.3) is 10.8 Å². The molecule has 1 atom stereocenters. The molecular weight excluding hydrogens is 318 g/mol. The van der Waals surface area contributed by atoms with Crippen molar-refractivity contribution in [2.75, 3.05) is 13.2 Å². The van der Waals surface area contributed by atoms with E-state index in [2.05, 4.69) is 26.1 Å². The molecule has 0 aliphatic rings. The van der Waals surface area contributed by atoms with Crippen LogP contribution in [0.4, 0.5) is 0 Å². The highest BCUT2D eigenvalue weighted by atomic mass is 79.9. The Hall–Kier alpha value is -0.760. The number of halogens is 1. The van der Waals surface area contributed by atoms with Gasteiger partial charge in [0.1, 0.15) is 0 Å². The van der Waals surface area contributed by atoms with Gasteiger partial charge < -0.3 is 15.0 Å². The fraction of sp³-hybridized carbons (Fsp3) is 0.455. The fourth-order valence-corrected chi connectivity index (χ4v) is 2.83. The third kappa shape index (κ3) is 2.97. The highest BCUT2D eigenvalue weighted by Crippen LogP contribution is 2.34. The maximum atomic E-state index is 5.89. The van der Waals surface area contributed by atoms with Gasteiger partial charge in [-0.1, -0.05) is 5.16 Å². The van der Waals surface area contributed by atoms with Gasteiger partial charge in [0, 0.05) is 6.61 Å². The number of hydrogen-bond acceptors (Lipinski definition) is 6. The molecule has 0 spiro atoms. The molecule has 2 aromatic rings. The van der Waals surface area contributed by atoms with Gasteiger partial charge in [0.05, 0.1) is 21.3 Å². The van der Waals surface area contributed by atoms with Gasteiger partial charge in [0.25, 0.3) is 5.89 Å². The second-order valence-corrected chi connectivity index (χ2v) is 6.16. The molecule has 2 heterocycles. The number of nitrogens with zero attached hydrogens (tertiary/aromatic N) is 2. The van der Waals surface area contributed by atoms with E-state index in [1.165, 1.54) is 0 Å². The average Bonchev–Trinajstić information content (AvgIpc) is 2.94. The van der Waals surface area contributed by atoms with Gasteiger partial charge in [-0.05, 0) is 41.4 Å². The number of nitrogens with two attached hydrogens (primary N) is 1. The van der Waals surface area contributed by atoms with Crippen LogP contribution in [0.2, 0.25) is 0 Å². The van der Waals surface area contributed by atoms with Crippen LogP contribution in [0.1, 0.15) is 24.4 Å². The van der Waals surface area contributed by atoms with Crippen molar-refractivity contribution in [3.63, 3.8) is 0 Å². The molecule has 0 aromatic carbocycles. The number of ether oxygens (including phenoxy) is 1. The summed E-state index contributed by atoms with van der Waals surface area (Å²) in [5.41, 5.74) is 7.04. The summed E-state index contributed by atoms with van der Waals surface area (Å²) in [4.78, 5) is 5.23. The van der Waals surface area contributed by atoms with Crippen molar-refractivity contribution < 1.29 is 9.26 Å².